The summed E-state index contributed by atoms with van der Waals surface area (Å²) in [5.41, 5.74) is 7.41. The minimum Gasteiger partial charge on any atom is -0.345 e. The number of benzene rings is 1. The van der Waals surface area contributed by atoms with Crippen LogP contribution in [0.1, 0.15) is 30.1 Å². The SMILES string of the molecule is CC(CN)(NC(=O)c1cccc2nccnc12)C1CC1. The Morgan fingerprint density at radius 1 is 1.40 bits per heavy atom. The number of nitrogens with two attached hydrogens (primary N) is 1. The first-order chi connectivity index (χ1) is 9.64. The third-order valence-electron chi connectivity index (χ3n) is 4.04. The summed E-state index contributed by atoms with van der Waals surface area (Å²) in [6.07, 6.45) is 5.48. The highest BCUT2D eigenvalue weighted by atomic mass is 16.1. The lowest BCUT2D eigenvalue weighted by molar-refractivity contribution is 0.0899. The van der Waals surface area contributed by atoms with Gasteiger partial charge < -0.3 is 11.1 Å². The minimum atomic E-state index is -0.332. The standard InChI is InChI=1S/C15H18N4O/c1-15(9-16,10-5-6-10)19-14(20)11-3-2-4-12-13(11)18-8-7-17-12/h2-4,7-8,10H,5-6,9,16H2,1H3,(H,19,20). The topological polar surface area (TPSA) is 80.9 Å². The molecule has 0 saturated heterocycles. The maximum absolute atomic E-state index is 12.5. The van der Waals surface area contributed by atoms with Crippen molar-refractivity contribution in [3.05, 3.63) is 36.2 Å². The summed E-state index contributed by atoms with van der Waals surface area (Å²) in [5, 5.41) is 3.08. The van der Waals surface area contributed by atoms with Crippen LogP contribution in [0.5, 0.6) is 0 Å². The number of hydrogen-bond acceptors (Lipinski definition) is 4. The van der Waals surface area contributed by atoms with Gasteiger partial charge in [0.05, 0.1) is 16.6 Å². The van der Waals surface area contributed by atoms with Crippen LogP contribution in [-0.4, -0.2) is 28.0 Å². The van der Waals surface area contributed by atoms with Gasteiger partial charge in [-0.2, -0.15) is 0 Å². The quantitative estimate of drug-likeness (QED) is 0.882. The minimum absolute atomic E-state index is 0.129. The van der Waals surface area contributed by atoms with Crippen LogP contribution in [0, 0.1) is 5.92 Å². The Morgan fingerprint density at radius 2 is 2.15 bits per heavy atom. The first kappa shape index (κ1) is 13.0. The summed E-state index contributed by atoms with van der Waals surface area (Å²) in [5.74, 6) is 0.355. The van der Waals surface area contributed by atoms with Crippen LogP contribution < -0.4 is 11.1 Å². The Labute approximate surface area is 117 Å². The largest absolute Gasteiger partial charge is 0.345 e. The molecule has 1 unspecified atom stereocenters. The molecule has 0 bridgehead atoms. The Kier molecular flexibility index (Phi) is 3.14. The fourth-order valence-electron chi connectivity index (χ4n) is 2.54. The van der Waals surface area contributed by atoms with Crippen LogP contribution in [-0.2, 0) is 0 Å². The summed E-state index contributed by atoms with van der Waals surface area (Å²) in [7, 11) is 0. The first-order valence-electron chi connectivity index (χ1n) is 6.86. The number of aromatic nitrogens is 2. The predicted octanol–water partition coefficient (Wildman–Crippen LogP) is 1.49. The maximum Gasteiger partial charge on any atom is 0.254 e. The molecule has 1 atom stereocenters. The second-order valence-electron chi connectivity index (χ2n) is 5.58. The van der Waals surface area contributed by atoms with E-state index in [2.05, 4.69) is 15.3 Å². The third kappa shape index (κ3) is 2.25. The van der Waals surface area contributed by atoms with Gasteiger partial charge in [-0.15, -0.1) is 0 Å². The molecule has 1 heterocycles. The molecule has 104 valence electrons. The van der Waals surface area contributed by atoms with Crippen LogP contribution >= 0.6 is 0 Å². The van der Waals surface area contributed by atoms with Crippen molar-refractivity contribution >= 4 is 16.9 Å². The molecule has 3 rings (SSSR count). The number of carbonyl (C=O) groups excluding carboxylic acids is 1. The van der Waals surface area contributed by atoms with E-state index in [-0.39, 0.29) is 11.4 Å². The van der Waals surface area contributed by atoms with Crippen LogP contribution in [0.2, 0.25) is 0 Å². The Hall–Kier alpha value is -2.01. The molecule has 3 N–H and O–H groups in total. The number of nitrogens with one attached hydrogen (secondary N) is 1. The molecule has 0 aliphatic heterocycles. The van der Waals surface area contributed by atoms with Crippen LogP contribution in [0.15, 0.2) is 30.6 Å². The van der Waals surface area contributed by atoms with E-state index >= 15 is 0 Å². The van der Waals surface area contributed by atoms with Gasteiger partial charge in [0.2, 0.25) is 0 Å². The van der Waals surface area contributed by atoms with Crippen molar-refractivity contribution in [3.8, 4) is 0 Å². The Morgan fingerprint density at radius 3 is 2.85 bits per heavy atom. The second-order valence-corrected chi connectivity index (χ2v) is 5.58. The monoisotopic (exact) mass is 270 g/mol. The lowest BCUT2D eigenvalue weighted by Gasteiger charge is -2.29. The van der Waals surface area contributed by atoms with Gasteiger partial charge in [0, 0.05) is 18.9 Å². The lowest BCUT2D eigenvalue weighted by Crippen LogP contribution is -2.53. The molecule has 1 amide bonds. The maximum atomic E-state index is 12.5. The van der Waals surface area contributed by atoms with Gasteiger partial charge in [-0.1, -0.05) is 6.07 Å². The number of amides is 1. The number of para-hydroxylation sites is 1. The van der Waals surface area contributed by atoms with Crippen molar-refractivity contribution in [2.24, 2.45) is 11.7 Å². The van der Waals surface area contributed by atoms with Crippen molar-refractivity contribution in [2.45, 2.75) is 25.3 Å². The molecule has 1 saturated carbocycles. The molecule has 1 fully saturated rings. The van der Waals surface area contributed by atoms with Gasteiger partial charge in [-0.25, -0.2) is 0 Å². The van der Waals surface area contributed by atoms with Gasteiger partial charge in [0.25, 0.3) is 5.91 Å². The fourth-order valence-corrected chi connectivity index (χ4v) is 2.54. The van der Waals surface area contributed by atoms with Crippen molar-refractivity contribution in [1.29, 1.82) is 0 Å². The first-order valence-corrected chi connectivity index (χ1v) is 6.86. The molecule has 1 aromatic carbocycles. The number of fused-ring (bicyclic) bond motifs is 1. The molecule has 0 radical (unpaired) electrons. The van der Waals surface area contributed by atoms with E-state index in [4.69, 9.17) is 5.73 Å². The fraction of sp³-hybridized carbons (Fsp3) is 0.400. The molecule has 1 aliphatic rings. The highest BCUT2D eigenvalue weighted by Crippen LogP contribution is 2.39. The van der Waals surface area contributed by atoms with E-state index in [9.17, 15) is 4.79 Å². The van der Waals surface area contributed by atoms with Gasteiger partial charge >= 0.3 is 0 Å². The lowest BCUT2D eigenvalue weighted by atomic mass is 9.95. The van der Waals surface area contributed by atoms with Crippen LogP contribution in [0.3, 0.4) is 0 Å². The van der Waals surface area contributed by atoms with Gasteiger partial charge in [-0.05, 0) is 37.8 Å². The third-order valence-corrected chi connectivity index (χ3v) is 4.04. The molecule has 1 aromatic heterocycles. The highest BCUT2D eigenvalue weighted by molar-refractivity contribution is 6.04. The van der Waals surface area contributed by atoms with Gasteiger partial charge in [0.15, 0.2) is 0 Å². The summed E-state index contributed by atoms with van der Waals surface area (Å²) in [6.45, 7) is 2.46. The number of hydrogen-bond donors (Lipinski definition) is 2. The average molecular weight is 270 g/mol. The zero-order valence-electron chi connectivity index (χ0n) is 11.5. The molecular weight excluding hydrogens is 252 g/mol. The number of nitrogens with zero attached hydrogens (tertiary/aromatic N) is 2. The van der Waals surface area contributed by atoms with E-state index in [1.807, 2.05) is 19.1 Å². The highest BCUT2D eigenvalue weighted by Gasteiger charge is 2.41. The molecule has 20 heavy (non-hydrogen) atoms. The smallest absolute Gasteiger partial charge is 0.254 e. The van der Waals surface area contributed by atoms with E-state index < -0.39 is 0 Å². The van der Waals surface area contributed by atoms with Crippen molar-refractivity contribution in [3.63, 3.8) is 0 Å². The van der Waals surface area contributed by atoms with E-state index in [0.717, 1.165) is 18.4 Å². The zero-order valence-corrected chi connectivity index (χ0v) is 11.5. The molecule has 0 spiro atoms. The van der Waals surface area contributed by atoms with Gasteiger partial charge in [0.1, 0.15) is 5.52 Å². The van der Waals surface area contributed by atoms with Crippen molar-refractivity contribution < 1.29 is 4.79 Å². The van der Waals surface area contributed by atoms with Crippen molar-refractivity contribution in [1.82, 2.24) is 15.3 Å². The molecule has 2 aromatic rings. The molecule has 5 nitrogen and oxygen atoms in total. The van der Waals surface area contributed by atoms with Crippen LogP contribution in [0.25, 0.3) is 11.0 Å². The van der Waals surface area contributed by atoms with Gasteiger partial charge in [-0.3, -0.25) is 14.8 Å². The molecule has 1 aliphatic carbocycles. The predicted molar refractivity (Wildman–Crippen MR) is 77.2 cm³/mol. The van der Waals surface area contributed by atoms with Crippen LogP contribution in [0.4, 0.5) is 0 Å². The Balaban J connectivity index is 1.93. The van der Waals surface area contributed by atoms with E-state index in [0.29, 0.717) is 23.5 Å². The van der Waals surface area contributed by atoms with Crippen molar-refractivity contribution in [2.75, 3.05) is 6.54 Å². The number of rotatable bonds is 4. The zero-order chi connectivity index (χ0) is 14.2. The number of carbonyl (C=O) groups is 1. The molecular formula is C15H18N4O. The average Bonchev–Trinajstić information content (AvgIpc) is 3.31. The second kappa shape index (κ2) is 4.83. The Bertz CT molecular complexity index is 648. The summed E-state index contributed by atoms with van der Waals surface area (Å²) in [6, 6.07) is 5.45. The summed E-state index contributed by atoms with van der Waals surface area (Å²) in [4.78, 5) is 21.0. The van der Waals surface area contributed by atoms with E-state index in [1.165, 1.54) is 0 Å². The normalized spacial score (nSPS) is 17.7. The van der Waals surface area contributed by atoms with E-state index in [1.54, 1.807) is 18.5 Å². The summed E-state index contributed by atoms with van der Waals surface area (Å²) < 4.78 is 0. The summed E-state index contributed by atoms with van der Waals surface area (Å²) >= 11 is 0. The molecule has 5 heteroatoms.